The summed E-state index contributed by atoms with van der Waals surface area (Å²) in [6, 6.07) is 15.2. The van der Waals surface area contributed by atoms with Gasteiger partial charge in [0.1, 0.15) is 12.4 Å². The number of aryl methyl sites for hydroxylation is 1. The molecule has 0 atom stereocenters. The molecule has 0 bridgehead atoms. The molecule has 38 heavy (non-hydrogen) atoms. The van der Waals surface area contributed by atoms with Crippen molar-refractivity contribution in [1.82, 2.24) is 9.66 Å². The highest BCUT2D eigenvalue weighted by atomic mass is 79.9. The first-order valence-corrected chi connectivity index (χ1v) is 13.0. The number of halogens is 2. The summed E-state index contributed by atoms with van der Waals surface area (Å²) in [5.74, 6) is 0.656. The van der Waals surface area contributed by atoms with Gasteiger partial charge in [-0.15, -0.1) is 0 Å². The van der Waals surface area contributed by atoms with Gasteiger partial charge in [-0.3, -0.25) is 14.9 Å². The molecule has 0 aliphatic carbocycles. The van der Waals surface area contributed by atoms with E-state index in [9.17, 15) is 14.9 Å². The largest absolute Gasteiger partial charge is 0.493 e. The molecule has 0 amide bonds. The molecule has 0 radical (unpaired) electrons. The lowest BCUT2D eigenvalue weighted by Gasteiger charge is -2.12. The highest BCUT2D eigenvalue weighted by Crippen LogP contribution is 2.38. The first-order valence-electron chi connectivity index (χ1n) is 11.8. The second-order valence-electron chi connectivity index (χ2n) is 8.40. The highest BCUT2D eigenvalue weighted by Gasteiger charge is 2.22. The van der Waals surface area contributed by atoms with Crippen molar-refractivity contribution in [3.05, 3.63) is 102 Å². The van der Waals surface area contributed by atoms with Gasteiger partial charge in [0.15, 0.2) is 5.75 Å². The van der Waals surface area contributed by atoms with Crippen molar-refractivity contribution < 1.29 is 14.4 Å². The molecule has 196 valence electrons. The van der Waals surface area contributed by atoms with Crippen LogP contribution in [0.4, 0.5) is 5.69 Å². The Morgan fingerprint density at radius 1 is 1.18 bits per heavy atom. The van der Waals surface area contributed by atoms with Crippen LogP contribution in [0.1, 0.15) is 36.7 Å². The van der Waals surface area contributed by atoms with Gasteiger partial charge in [-0.2, -0.15) is 9.78 Å². The minimum absolute atomic E-state index is 0.0115. The third-order valence-electron chi connectivity index (χ3n) is 5.72. The lowest BCUT2D eigenvalue weighted by Crippen LogP contribution is -2.22. The summed E-state index contributed by atoms with van der Waals surface area (Å²) in [5.41, 5.74) is 1.10. The van der Waals surface area contributed by atoms with Crippen molar-refractivity contribution in [2.45, 2.75) is 32.8 Å². The molecule has 1 heterocycles. The summed E-state index contributed by atoms with van der Waals surface area (Å²) < 4.78 is 13.2. The maximum atomic E-state index is 13.3. The van der Waals surface area contributed by atoms with E-state index in [4.69, 9.17) is 21.1 Å². The number of rotatable bonds is 10. The summed E-state index contributed by atoms with van der Waals surface area (Å²) in [7, 11) is 1.40. The van der Waals surface area contributed by atoms with Gasteiger partial charge in [-0.25, -0.2) is 4.98 Å². The van der Waals surface area contributed by atoms with Crippen molar-refractivity contribution in [3.63, 3.8) is 0 Å². The van der Waals surface area contributed by atoms with E-state index in [0.717, 1.165) is 22.9 Å². The highest BCUT2D eigenvalue weighted by molar-refractivity contribution is 9.10. The topological polar surface area (TPSA) is 109 Å². The SMILES string of the molecule is CCCCc1nc2ccc(Br)cc2c(=O)n1N=Cc1cc(OC)c(OCc2ccc(Cl)cc2)c([N+](=O)[O-])c1. The Balaban J connectivity index is 1.73. The average molecular weight is 600 g/mol. The van der Waals surface area contributed by atoms with E-state index in [2.05, 4.69) is 26.0 Å². The zero-order chi connectivity index (χ0) is 27.2. The number of nitrogens with zero attached hydrogens (tertiary/aromatic N) is 4. The average Bonchev–Trinajstić information content (AvgIpc) is 2.91. The molecule has 0 saturated heterocycles. The van der Waals surface area contributed by atoms with E-state index in [0.29, 0.717) is 33.7 Å². The molecular formula is C27H24BrClN4O5. The molecular weight excluding hydrogens is 576 g/mol. The molecule has 0 spiro atoms. The summed E-state index contributed by atoms with van der Waals surface area (Å²) in [4.78, 5) is 29.3. The van der Waals surface area contributed by atoms with Crippen LogP contribution in [-0.2, 0) is 13.0 Å². The Morgan fingerprint density at radius 3 is 2.63 bits per heavy atom. The number of benzene rings is 3. The summed E-state index contributed by atoms with van der Waals surface area (Å²) in [5, 5.41) is 17.3. The Morgan fingerprint density at radius 2 is 1.95 bits per heavy atom. The van der Waals surface area contributed by atoms with Crippen LogP contribution in [0, 0.1) is 10.1 Å². The zero-order valence-corrected chi connectivity index (χ0v) is 23.0. The molecule has 11 heteroatoms. The first-order chi connectivity index (χ1) is 18.3. The Kier molecular flexibility index (Phi) is 8.75. The van der Waals surface area contributed by atoms with Crippen molar-refractivity contribution in [1.29, 1.82) is 0 Å². The molecule has 0 unspecified atom stereocenters. The van der Waals surface area contributed by atoms with Crippen LogP contribution in [0.2, 0.25) is 5.02 Å². The van der Waals surface area contributed by atoms with Crippen LogP contribution in [0.15, 0.2) is 69.0 Å². The molecule has 9 nitrogen and oxygen atoms in total. The molecule has 0 saturated carbocycles. The molecule has 0 aliphatic heterocycles. The number of unbranched alkanes of at least 4 members (excludes halogenated alkanes) is 1. The van der Waals surface area contributed by atoms with Crippen LogP contribution in [0.3, 0.4) is 0 Å². The fraction of sp³-hybridized carbons (Fsp3) is 0.222. The van der Waals surface area contributed by atoms with Gasteiger partial charge < -0.3 is 9.47 Å². The maximum Gasteiger partial charge on any atom is 0.315 e. The van der Waals surface area contributed by atoms with E-state index in [1.807, 2.05) is 13.0 Å². The number of methoxy groups -OCH3 is 1. The third kappa shape index (κ3) is 6.20. The van der Waals surface area contributed by atoms with Gasteiger partial charge in [0.2, 0.25) is 5.75 Å². The third-order valence-corrected chi connectivity index (χ3v) is 6.47. The van der Waals surface area contributed by atoms with Crippen LogP contribution in [0.5, 0.6) is 11.5 Å². The number of ether oxygens (including phenoxy) is 2. The quantitative estimate of drug-likeness (QED) is 0.116. The number of hydrogen-bond acceptors (Lipinski definition) is 7. The molecule has 4 aromatic rings. The lowest BCUT2D eigenvalue weighted by molar-refractivity contribution is -0.386. The Hall–Kier alpha value is -3.76. The van der Waals surface area contributed by atoms with Crippen molar-refractivity contribution in [2.75, 3.05) is 7.11 Å². The Bertz CT molecular complexity index is 1570. The van der Waals surface area contributed by atoms with Crippen LogP contribution in [0.25, 0.3) is 10.9 Å². The van der Waals surface area contributed by atoms with Crippen molar-refractivity contribution >= 4 is 50.3 Å². The molecule has 3 aromatic carbocycles. The standard InChI is InChI=1S/C27H24BrClN4O5/c1-3-4-5-25-31-22-11-8-19(28)14-21(22)27(34)32(25)30-15-18-12-23(33(35)36)26(24(13-18)37-2)38-16-17-6-9-20(29)10-7-17/h6-15H,3-5,16H2,1-2H3. The van der Waals surface area contributed by atoms with Crippen molar-refractivity contribution in [2.24, 2.45) is 5.10 Å². The molecule has 0 fully saturated rings. The van der Waals surface area contributed by atoms with E-state index < -0.39 is 4.92 Å². The molecule has 4 rings (SSSR count). The van der Waals surface area contributed by atoms with E-state index in [-0.39, 0.29) is 29.4 Å². The fourth-order valence-corrected chi connectivity index (χ4v) is 4.27. The number of aromatic nitrogens is 2. The summed E-state index contributed by atoms with van der Waals surface area (Å²) in [6.07, 6.45) is 3.67. The molecule has 1 aromatic heterocycles. The minimum atomic E-state index is -0.551. The maximum absolute atomic E-state index is 13.3. The van der Waals surface area contributed by atoms with Gasteiger partial charge in [-0.05, 0) is 48.4 Å². The van der Waals surface area contributed by atoms with Gasteiger partial charge >= 0.3 is 5.69 Å². The van der Waals surface area contributed by atoms with Gasteiger partial charge in [0.05, 0.1) is 29.2 Å². The monoisotopic (exact) mass is 598 g/mol. The van der Waals surface area contributed by atoms with Crippen molar-refractivity contribution in [3.8, 4) is 11.5 Å². The lowest BCUT2D eigenvalue weighted by atomic mass is 10.1. The second-order valence-corrected chi connectivity index (χ2v) is 9.75. The minimum Gasteiger partial charge on any atom is -0.493 e. The first kappa shape index (κ1) is 27.3. The molecule has 0 N–H and O–H groups in total. The number of fused-ring (bicyclic) bond motifs is 1. The number of nitro benzene ring substituents is 1. The normalized spacial score (nSPS) is 11.3. The van der Waals surface area contributed by atoms with Gasteiger partial charge in [0.25, 0.3) is 5.56 Å². The Labute approximate surface area is 232 Å². The smallest absolute Gasteiger partial charge is 0.315 e. The van der Waals surface area contributed by atoms with Gasteiger partial charge in [-0.1, -0.05) is 53.0 Å². The fourth-order valence-electron chi connectivity index (χ4n) is 3.79. The zero-order valence-electron chi connectivity index (χ0n) is 20.7. The predicted molar refractivity (Wildman–Crippen MR) is 151 cm³/mol. The van der Waals surface area contributed by atoms with Crippen LogP contribution >= 0.6 is 27.5 Å². The number of hydrogen-bond donors (Lipinski definition) is 0. The van der Waals surface area contributed by atoms with E-state index >= 15 is 0 Å². The summed E-state index contributed by atoms with van der Waals surface area (Å²) in [6.45, 7) is 2.13. The number of nitro groups is 1. The van der Waals surface area contributed by atoms with E-state index in [1.54, 1.807) is 42.5 Å². The van der Waals surface area contributed by atoms with E-state index in [1.165, 1.54) is 24.1 Å². The second kappa shape index (κ2) is 12.2. The van der Waals surface area contributed by atoms with Gasteiger partial charge in [0, 0.05) is 27.5 Å². The predicted octanol–water partition coefficient (Wildman–Crippen LogP) is 6.53. The van der Waals surface area contributed by atoms with Crippen LogP contribution < -0.4 is 15.0 Å². The molecule has 0 aliphatic rings. The summed E-state index contributed by atoms with van der Waals surface area (Å²) >= 11 is 9.32. The van der Waals surface area contributed by atoms with Crippen LogP contribution in [-0.4, -0.2) is 27.9 Å².